The summed E-state index contributed by atoms with van der Waals surface area (Å²) in [6.07, 6.45) is 1.34. The smallest absolute Gasteiger partial charge is 0.410 e. The largest absolute Gasteiger partial charge is 0.444 e. The van der Waals surface area contributed by atoms with E-state index in [0.717, 1.165) is 18.4 Å². The molecule has 1 amide bonds. The third-order valence-electron chi connectivity index (χ3n) is 2.90. The van der Waals surface area contributed by atoms with E-state index in [0.29, 0.717) is 18.1 Å². The van der Waals surface area contributed by atoms with Gasteiger partial charge in [0.1, 0.15) is 5.60 Å². The maximum absolute atomic E-state index is 11.9. The number of carbonyl (C=O) groups is 2. The molecule has 0 aliphatic carbocycles. The van der Waals surface area contributed by atoms with Gasteiger partial charge in [0, 0.05) is 24.4 Å². The molecule has 1 unspecified atom stereocenters. The monoisotopic (exact) mass is 282 g/mol. The van der Waals surface area contributed by atoms with E-state index in [1.807, 2.05) is 26.2 Å². The molecule has 0 spiro atoms. The summed E-state index contributed by atoms with van der Waals surface area (Å²) in [7, 11) is 0. The standard InChI is InChI=1S/C13H18N2O3S/c1-13(2,3)18-12(17)15-5-4-9(6-15)10-8-19-11(7-16)14-10/h7-9H,4-6H2,1-3H3. The molecule has 1 aromatic rings. The fraction of sp³-hybridized carbons (Fsp3) is 0.615. The van der Waals surface area contributed by atoms with Crippen LogP contribution in [0, 0.1) is 0 Å². The topological polar surface area (TPSA) is 59.5 Å². The molecule has 2 rings (SSSR count). The summed E-state index contributed by atoms with van der Waals surface area (Å²) in [6.45, 7) is 6.85. The molecule has 1 atom stereocenters. The number of ether oxygens (including phenoxy) is 1. The minimum Gasteiger partial charge on any atom is -0.444 e. The first-order valence-corrected chi connectivity index (χ1v) is 7.15. The fourth-order valence-corrected chi connectivity index (χ4v) is 2.74. The van der Waals surface area contributed by atoms with Crippen LogP contribution in [0.1, 0.15) is 48.6 Å². The molecule has 1 aliphatic rings. The number of nitrogens with zero attached hydrogens (tertiary/aromatic N) is 2. The summed E-state index contributed by atoms with van der Waals surface area (Å²) in [6, 6.07) is 0. The van der Waals surface area contributed by atoms with Gasteiger partial charge in [-0.25, -0.2) is 9.78 Å². The second-order valence-electron chi connectivity index (χ2n) is 5.64. The van der Waals surface area contributed by atoms with Gasteiger partial charge >= 0.3 is 6.09 Å². The first-order valence-electron chi connectivity index (χ1n) is 6.27. The van der Waals surface area contributed by atoms with Crippen molar-refractivity contribution in [3.8, 4) is 0 Å². The molecular formula is C13H18N2O3S. The van der Waals surface area contributed by atoms with Gasteiger partial charge in [-0.15, -0.1) is 11.3 Å². The van der Waals surface area contributed by atoms with E-state index >= 15 is 0 Å². The number of amides is 1. The van der Waals surface area contributed by atoms with Crippen molar-refractivity contribution in [2.75, 3.05) is 13.1 Å². The number of aldehydes is 1. The summed E-state index contributed by atoms with van der Waals surface area (Å²) in [5.41, 5.74) is 0.429. The predicted molar refractivity (Wildman–Crippen MR) is 72.7 cm³/mol. The van der Waals surface area contributed by atoms with Crippen molar-refractivity contribution < 1.29 is 14.3 Å². The summed E-state index contributed by atoms with van der Waals surface area (Å²) in [5, 5.41) is 2.39. The van der Waals surface area contributed by atoms with Crippen LogP contribution in [-0.4, -0.2) is 41.0 Å². The molecule has 0 saturated carbocycles. The number of likely N-dealkylation sites (tertiary alicyclic amines) is 1. The Morgan fingerprint density at radius 3 is 2.89 bits per heavy atom. The molecule has 1 aliphatic heterocycles. The molecular weight excluding hydrogens is 264 g/mol. The summed E-state index contributed by atoms with van der Waals surface area (Å²) in [5.74, 6) is 0.206. The average molecular weight is 282 g/mol. The van der Waals surface area contributed by atoms with Crippen LogP contribution in [0.3, 0.4) is 0 Å². The van der Waals surface area contributed by atoms with Gasteiger partial charge in [-0.2, -0.15) is 0 Å². The van der Waals surface area contributed by atoms with Gasteiger partial charge in [0.2, 0.25) is 0 Å². The minimum atomic E-state index is -0.472. The van der Waals surface area contributed by atoms with E-state index in [-0.39, 0.29) is 12.0 Å². The Morgan fingerprint density at radius 2 is 2.32 bits per heavy atom. The van der Waals surface area contributed by atoms with Crippen LogP contribution in [0.15, 0.2) is 5.38 Å². The highest BCUT2D eigenvalue weighted by Crippen LogP contribution is 2.28. The van der Waals surface area contributed by atoms with Gasteiger partial charge < -0.3 is 9.64 Å². The van der Waals surface area contributed by atoms with Crippen molar-refractivity contribution in [2.24, 2.45) is 0 Å². The third-order valence-corrected chi connectivity index (χ3v) is 3.69. The number of hydrogen-bond donors (Lipinski definition) is 0. The van der Waals surface area contributed by atoms with Crippen molar-refractivity contribution in [3.63, 3.8) is 0 Å². The molecule has 0 bridgehead atoms. The van der Waals surface area contributed by atoms with Crippen molar-refractivity contribution in [1.82, 2.24) is 9.88 Å². The number of carbonyl (C=O) groups excluding carboxylic acids is 2. The molecule has 1 saturated heterocycles. The van der Waals surface area contributed by atoms with Crippen molar-refractivity contribution in [2.45, 2.75) is 38.7 Å². The van der Waals surface area contributed by atoms with Crippen LogP contribution >= 0.6 is 11.3 Å². The highest BCUT2D eigenvalue weighted by atomic mass is 32.1. The molecule has 2 heterocycles. The lowest BCUT2D eigenvalue weighted by atomic mass is 10.1. The molecule has 0 radical (unpaired) electrons. The lowest BCUT2D eigenvalue weighted by Gasteiger charge is -2.24. The third kappa shape index (κ3) is 3.53. The Hall–Kier alpha value is -1.43. The van der Waals surface area contributed by atoms with E-state index in [2.05, 4.69) is 4.98 Å². The van der Waals surface area contributed by atoms with Crippen LogP contribution in [0.4, 0.5) is 4.79 Å². The quantitative estimate of drug-likeness (QED) is 0.782. The molecule has 0 aromatic carbocycles. The van der Waals surface area contributed by atoms with E-state index in [1.165, 1.54) is 11.3 Å². The first kappa shape index (κ1) is 14.0. The number of rotatable bonds is 2. The zero-order chi connectivity index (χ0) is 14.0. The van der Waals surface area contributed by atoms with Crippen LogP contribution in [0.25, 0.3) is 0 Å². The van der Waals surface area contributed by atoms with Gasteiger partial charge in [-0.05, 0) is 27.2 Å². The van der Waals surface area contributed by atoms with Gasteiger partial charge in [-0.3, -0.25) is 4.79 Å². The molecule has 5 nitrogen and oxygen atoms in total. The van der Waals surface area contributed by atoms with E-state index in [9.17, 15) is 9.59 Å². The fourth-order valence-electron chi connectivity index (χ4n) is 2.04. The molecule has 0 N–H and O–H groups in total. The zero-order valence-corrected chi connectivity index (χ0v) is 12.2. The van der Waals surface area contributed by atoms with Gasteiger partial charge in [0.25, 0.3) is 0 Å². The second-order valence-corrected chi connectivity index (χ2v) is 6.53. The number of aromatic nitrogens is 1. The van der Waals surface area contributed by atoms with Gasteiger partial charge in [0.15, 0.2) is 11.3 Å². The number of thiazole rings is 1. The SMILES string of the molecule is CC(C)(C)OC(=O)N1CCC(c2csc(C=O)n2)C1. The van der Waals surface area contributed by atoms with E-state index < -0.39 is 5.60 Å². The Labute approximate surface area is 116 Å². The van der Waals surface area contributed by atoms with Crippen molar-refractivity contribution in [1.29, 1.82) is 0 Å². The molecule has 1 fully saturated rings. The summed E-state index contributed by atoms with van der Waals surface area (Å²) >= 11 is 1.34. The average Bonchev–Trinajstić information content (AvgIpc) is 2.95. The molecule has 6 heteroatoms. The Morgan fingerprint density at radius 1 is 1.58 bits per heavy atom. The van der Waals surface area contributed by atoms with Crippen LogP contribution < -0.4 is 0 Å². The molecule has 19 heavy (non-hydrogen) atoms. The van der Waals surface area contributed by atoms with Crippen molar-refractivity contribution >= 4 is 23.7 Å². The van der Waals surface area contributed by atoms with Crippen molar-refractivity contribution in [3.05, 3.63) is 16.1 Å². The lowest BCUT2D eigenvalue weighted by molar-refractivity contribution is 0.0292. The van der Waals surface area contributed by atoms with Gasteiger partial charge in [-0.1, -0.05) is 0 Å². The van der Waals surface area contributed by atoms with Crippen LogP contribution in [0.2, 0.25) is 0 Å². The molecule has 104 valence electrons. The van der Waals surface area contributed by atoms with Gasteiger partial charge in [0.05, 0.1) is 5.69 Å². The minimum absolute atomic E-state index is 0.206. The molecule has 1 aromatic heterocycles. The van der Waals surface area contributed by atoms with Crippen LogP contribution in [-0.2, 0) is 4.74 Å². The van der Waals surface area contributed by atoms with E-state index in [1.54, 1.807) is 4.90 Å². The normalized spacial score (nSPS) is 19.5. The summed E-state index contributed by atoms with van der Waals surface area (Å²) < 4.78 is 5.35. The second kappa shape index (κ2) is 5.28. The Bertz CT molecular complexity index is 478. The highest BCUT2D eigenvalue weighted by molar-refractivity contribution is 7.11. The number of hydrogen-bond acceptors (Lipinski definition) is 5. The maximum Gasteiger partial charge on any atom is 0.410 e. The first-order chi connectivity index (χ1) is 8.89. The highest BCUT2D eigenvalue weighted by Gasteiger charge is 2.31. The van der Waals surface area contributed by atoms with Crippen LogP contribution in [0.5, 0.6) is 0 Å². The Balaban J connectivity index is 1.96. The predicted octanol–water partition coefficient (Wildman–Crippen LogP) is 2.68. The lowest BCUT2D eigenvalue weighted by Crippen LogP contribution is -2.35. The Kier molecular flexibility index (Phi) is 3.89. The summed E-state index contributed by atoms with van der Waals surface area (Å²) in [4.78, 5) is 28.5. The van der Waals surface area contributed by atoms with E-state index in [4.69, 9.17) is 4.74 Å². The zero-order valence-electron chi connectivity index (χ0n) is 11.4. The maximum atomic E-state index is 11.9.